The van der Waals surface area contributed by atoms with Crippen LogP contribution in [0.5, 0.6) is 0 Å². The first-order valence-corrected chi connectivity index (χ1v) is 9.40. The van der Waals surface area contributed by atoms with Crippen molar-refractivity contribution < 1.29 is 18.4 Å². The van der Waals surface area contributed by atoms with Gasteiger partial charge in [0.1, 0.15) is 17.3 Å². The van der Waals surface area contributed by atoms with Gasteiger partial charge in [-0.25, -0.2) is 13.7 Å². The Morgan fingerprint density at radius 1 is 0.793 bits per heavy atom. The molecule has 4 rings (SSSR count). The van der Waals surface area contributed by atoms with Crippen molar-refractivity contribution in [3.63, 3.8) is 0 Å². The lowest BCUT2D eigenvalue weighted by Crippen LogP contribution is -2.32. The summed E-state index contributed by atoms with van der Waals surface area (Å²) < 4.78 is 27.9. The van der Waals surface area contributed by atoms with Crippen molar-refractivity contribution in [3.05, 3.63) is 100 Å². The normalized spacial score (nSPS) is 14.0. The summed E-state index contributed by atoms with van der Waals surface area (Å²) in [6.07, 6.45) is 0. The number of nitrogens with one attached hydrogen (secondary N) is 1. The van der Waals surface area contributed by atoms with E-state index in [4.69, 9.17) is 0 Å². The fourth-order valence-corrected chi connectivity index (χ4v) is 3.49. The van der Waals surface area contributed by atoms with Crippen LogP contribution >= 0.6 is 15.9 Å². The number of halogens is 3. The molecule has 0 saturated heterocycles. The zero-order chi connectivity index (χ0) is 20.5. The van der Waals surface area contributed by atoms with Crippen LogP contribution in [0.2, 0.25) is 0 Å². The predicted octanol–water partition coefficient (Wildman–Crippen LogP) is 5.12. The van der Waals surface area contributed by atoms with Crippen LogP contribution in [-0.4, -0.2) is 11.8 Å². The van der Waals surface area contributed by atoms with Crippen molar-refractivity contribution in [3.8, 4) is 0 Å². The molecule has 0 saturated carbocycles. The highest BCUT2D eigenvalue weighted by Crippen LogP contribution is 2.34. The molecule has 2 amide bonds. The van der Waals surface area contributed by atoms with Crippen LogP contribution in [0.15, 0.2) is 83.0 Å². The zero-order valence-corrected chi connectivity index (χ0v) is 16.4. The summed E-state index contributed by atoms with van der Waals surface area (Å²) in [5.41, 5.74) is 1.19. The molecule has 0 bridgehead atoms. The van der Waals surface area contributed by atoms with Gasteiger partial charge < -0.3 is 5.32 Å². The van der Waals surface area contributed by atoms with Gasteiger partial charge in [-0.1, -0.05) is 40.2 Å². The third kappa shape index (κ3) is 3.69. The summed E-state index contributed by atoms with van der Waals surface area (Å²) >= 11 is 3.36. The number of benzene rings is 3. The molecule has 0 unspecified atom stereocenters. The van der Waals surface area contributed by atoms with E-state index in [2.05, 4.69) is 21.2 Å². The number of imide groups is 1. The van der Waals surface area contributed by atoms with E-state index in [0.29, 0.717) is 11.3 Å². The Morgan fingerprint density at radius 2 is 1.52 bits per heavy atom. The van der Waals surface area contributed by atoms with Crippen LogP contribution in [0, 0.1) is 11.6 Å². The third-order valence-electron chi connectivity index (χ3n) is 4.38. The Labute approximate surface area is 173 Å². The molecule has 1 N–H and O–H groups in total. The first-order chi connectivity index (χ1) is 13.9. The fourth-order valence-electron chi connectivity index (χ4n) is 3.09. The maximum absolute atomic E-state index is 13.7. The van der Waals surface area contributed by atoms with Crippen molar-refractivity contribution in [1.82, 2.24) is 0 Å². The Morgan fingerprint density at radius 3 is 2.21 bits per heavy atom. The standard InChI is InChI=1S/C22H13BrF2N2O2/c23-14-3-1-5-17(11-14)26-20-19(13-7-9-15(24)10-8-13)21(28)27(22(20)29)18-6-2-4-16(25)12-18/h1-12,26H. The third-order valence-corrected chi connectivity index (χ3v) is 4.87. The van der Waals surface area contributed by atoms with E-state index in [1.807, 2.05) is 6.07 Å². The van der Waals surface area contributed by atoms with E-state index >= 15 is 0 Å². The van der Waals surface area contributed by atoms with Crippen LogP contribution in [0.1, 0.15) is 5.56 Å². The van der Waals surface area contributed by atoms with Gasteiger partial charge in [0.2, 0.25) is 0 Å². The fraction of sp³-hybridized carbons (Fsp3) is 0. The quantitative estimate of drug-likeness (QED) is 0.556. The predicted molar refractivity (Wildman–Crippen MR) is 110 cm³/mol. The van der Waals surface area contributed by atoms with E-state index < -0.39 is 23.4 Å². The highest BCUT2D eigenvalue weighted by atomic mass is 79.9. The molecule has 0 aromatic heterocycles. The van der Waals surface area contributed by atoms with Gasteiger partial charge in [0, 0.05) is 10.2 Å². The minimum absolute atomic E-state index is 0.0315. The van der Waals surface area contributed by atoms with Gasteiger partial charge in [0.15, 0.2) is 0 Å². The maximum atomic E-state index is 13.7. The number of nitrogens with zero attached hydrogens (tertiary/aromatic N) is 1. The summed E-state index contributed by atoms with van der Waals surface area (Å²) in [6.45, 7) is 0. The molecule has 0 spiro atoms. The average Bonchev–Trinajstić information content (AvgIpc) is 2.92. The average molecular weight is 455 g/mol. The maximum Gasteiger partial charge on any atom is 0.282 e. The molecule has 1 heterocycles. The minimum atomic E-state index is -0.625. The highest BCUT2D eigenvalue weighted by Gasteiger charge is 2.40. The molecular weight excluding hydrogens is 442 g/mol. The first kappa shape index (κ1) is 19.0. The zero-order valence-electron chi connectivity index (χ0n) is 14.8. The molecule has 4 nitrogen and oxygen atoms in total. The number of anilines is 2. The molecule has 0 atom stereocenters. The lowest BCUT2D eigenvalue weighted by molar-refractivity contribution is -0.120. The Kier molecular flexibility index (Phi) is 4.98. The second-order valence-electron chi connectivity index (χ2n) is 6.32. The molecule has 0 aliphatic carbocycles. The molecule has 29 heavy (non-hydrogen) atoms. The Balaban J connectivity index is 1.83. The van der Waals surface area contributed by atoms with Gasteiger partial charge in [0.05, 0.1) is 11.3 Å². The highest BCUT2D eigenvalue weighted by molar-refractivity contribution is 9.10. The van der Waals surface area contributed by atoms with E-state index in [0.717, 1.165) is 15.4 Å². The molecule has 1 aliphatic heterocycles. The summed E-state index contributed by atoms with van der Waals surface area (Å²) in [5.74, 6) is -2.28. The molecule has 7 heteroatoms. The van der Waals surface area contributed by atoms with Crippen LogP contribution in [0.25, 0.3) is 5.57 Å². The van der Waals surface area contributed by atoms with Gasteiger partial charge in [-0.2, -0.15) is 0 Å². The lowest BCUT2D eigenvalue weighted by Gasteiger charge is -2.15. The Bertz CT molecular complexity index is 1160. The van der Waals surface area contributed by atoms with Gasteiger partial charge in [-0.15, -0.1) is 0 Å². The minimum Gasteiger partial charge on any atom is -0.350 e. The molecule has 0 radical (unpaired) electrons. The molecule has 144 valence electrons. The lowest BCUT2D eigenvalue weighted by atomic mass is 10.0. The topological polar surface area (TPSA) is 49.4 Å². The molecular formula is C22H13BrF2N2O2. The van der Waals surface area contributed by atoms with Crippen LogP contribution < -0.4 is 10.2 Å². The molecule has 3 aromatic carbocycles. The van der Waals surface area contributed by atoms with Gasteiger partial charge >= 0.3 is 0 Å². The smallest absolute Gasteiger partial charge is 0.282 e. The van der Waals surface area contributed by atoms with Gasteiger partial charge in [0.25, 0.3) is 11.8 Å². The van der Waals surface area contributed by atoms with E-state index in [1.54, 1.807) is 18.2 Å². The summed E-state index contributed by atoms with van der Waals surface area (Å²) in [5, 5.41) is 2.99. The van der Waals surface area contributed by atoms with E-state index in [-0.39, 0.29) is 17.0 Å². The number of rotatable bonds is 4. The SMILES string of the molecule is O=C1C(Nc2cccc(Br)c2)=C(c2ccc(F)cc2)C(=O)N1c1cccc(F)c1. The summed E-state index contributed by atoms with van der Waals surface area (Å²) in [6, 6.07) is 17.6. The van der Waals surface area contributed by atoms with Crippen molar-refractivity contribution in [2.24, 2.45) is 0 Å². The molecule has 3 aromatic rings. The van der Waals surface area contributed by atoms with Crippen molar-refractivity contribution >= 4 is 44.7 Å². The number of carbonyl (C=O) groups is 2. The van der Waals surface area contributed by atoms with E-state index in [9.17, 15) is 18.4 Å². The van der Waals surface area contributed by atoms with Gasteiger partial charge in [-0.3, -0.25) is 9.59 Å². The second kappa shape index (κ2) is 7.60. The summed E-state index contributed by atoms with van der Waals surface area (Å²) in [7, 11) is 0. The van der Waals surface area contributed by atoms with Crippen LogP contribution in [-0.2, 0) is 9.59 Å². The monoisotopic (exact) mass is 454 g/mol. The van der Waals surface area contributed by atoms with Crippen LogP contribution in [0.4, 0.5) is 20.2 Å². The molecule has 1 aliphatic rings. The summed E-state index contributed by atoms with van der Waals surface area (Å²) in [4.78, 5) is 27.2. The largest absolute Gasteiger partial charge is 0.350 e. The van der Waals surface area contributed by atoms with Gasteiger partial charge in [-0.05, 0) is 54.1 Å². The Hall–Kier alpha value is -3.32. The van der Waals surface area contributed by atoms with Crippen molar-refractivity contribution in [1.29, 1.82) is 0 Å². The first-order valence-electron chi connectivity index (χ1n) is 8.61. The van der Waals surface area contributed by atoms with Crippen molar-refractivity contribution in [2.75, 3.05) is 10.2 Å². The van der Waals surface area contributed by atoms with Crippen molar-refractivity contribution in [2.45, 2.75) is 0 Å². The number of carbonyl (C=O) groups excluding carboxylic acids is 2. The number of hydrogen-bond acceptors (Lipinski definition) is 3. The van der Waals surface area contributed by atoms with E-state index in [1.165, 1.54) is 42.5 Å². The number of amides is 2. The van der Waals surface area contributed by atoms with Crippen LogP contribution in [0.3, 0.4) is 0 Å². The number of hydrogen-bond donors (Lipinski definition) is 1. The molecule has 0 fully saturated rings. The second-order valence-corrected chi connectivity index (χ2v) is 7.23.